The molecule has 0 unspecified atom stereocenters. The maximum atomic E-state index is 13.7. The Morgan fingerprint density at radius 3 is 2.55 bits per heavy atom. The van der Waals surface area contributed by atoms with Crippen LogP contribution in [0.2, 0.25) is 0 Å². The number of aliphatic hydroxyl groups is 1. The summed E-state index contributed by atoms with van der Waals surface area (Å²) < 4.78 is 48.3. The summed E-state index contributed by atoms with van der Waals surface area (Å²) in [6.45, 7) is 4.45. The van der Waals surface area contributed by atoms with E-state index in [1.165, 1.54) is 24.4 Å². The Hall–Kier alpha value is -4.07. The topological polar surface area (TPSA) is 135 Å². The number of carbonyl (C=O) groups excluding carboxylic acids is 1. The summed E-state index contributed by atoms with van der Waals surface area (Å²) in [5.74, 6) is 5.73. The van der Waals surface area contributed by atoms with Gasteiger partial charge in [-0.15, -0.1) is 0 Å². The first-order valence-corrected chi connectivity index (χ1v) is 12.4. The number of alkyl halides is 3. The second kappa shape index (κ2) is 11.2. The number of hydrogen-bond acceptors (Lipinski definition) is 8. The maximum absolute atomic E-state index is 13.7. The number of aryl methyl sites for hydroxylation is 2. The Bertz CT molecular complexity index is 1450. The molecule has 1 fully saturated rings. The van der Waals surface area contributed by atoms with E-state index in [2.05, 4.69) is 10.4 Å². The molecule has 0 saturated carbocycles. The molecule has 214 valence electrons. The number of amides is 1. The van der Waals surface area contributed by atoms with Gasteiger partial charge in [-0.25, -0.2) is 5.84 Å². The first-order chi connectivity index (χ1) is 18.8. The van der Waals surface area contributed by atoms with Crippen LogP contribution < -0.4 is 26.6 Å². The minimum atomic E-state index is -4.65. The second-order valence-corrected chi connectivity index (χ2v) is 9.78. The number of hydrogen-bond donors (Lipinski definition) is 4. The van der Waals surface area contributed by atoms with Crippen molar-refractivity contribution in [3.8, 4) is 5.75 Å². The number of rotatable bonds is 8. The largest absolute Gasteiger partial charge is 0.494 e. The lowest BCUT2D eigenvalue weighted by atomic mass is 10.0. The van der Waals surface area contributed by atoms with E-state index in [9.17, 15) is 23.1 Å². The first-order valence-electron chi connectivity index (χ1n) is 12.4. The highest BCUT2D eigenvalue weighted by Gasteiger charge is 2.34. The van der Waals surface area contributed by atoms with Crippen LogP contribution in [0.4, 0.5) is 24.5 Å². The molecule has 1 aliphatic rings. The van der Waals surface area contributed by atoms with Crippen LogP contribution in [0.3, 0.4) is 0 Å². The Morgan fingerprint density at radius 1 is 1.27 bits per heavy atom. The van der Waals surface area contributed by atoms with Gasteiger partial charge >= 0.3 is 6.18 Å². The van der Waals surface area contributed by atoms with Crippen LogP contribution in [0.25, 0.3) is 5.70 Å². The zero-order chi connectivity index (χ0) is 29.4. The number of carbonyl (C=O) groups is 1. The number of aromatic nitrogens is 2. The second-order valence-electron chi connectivity index (χ2n) is 9.78. The van der Waals surface area contributed by atoms with Gasteiger partial charge in [0.25, 0.3) is 5.91 Å². The minimum Gasteiger partial charge on any atom is -0.494 e. The van der Waals surface area contributed by atoms with Crippen LogP contribution in [0.1, 0.15) is 38.3 Å². The van der Waals surface area contributed by atoms with Crippen LogP contribution >= 0.6 is 0 Å². The van der Waals surface area contributed by atoms with Crippen LogP contribution in [-0.4, -0.2) is 52.0 Å². The van der Waals surface area contributed by atoms with E-state index in [1.807, 2.05) is 6.92 Å². The van der Waals surface area contributed by atoms with Gasteiger partial charge in [0.1, 0.15) is 5.75 Å². The molecule has 10 nitrogen and oxygen atoms in total. The number of nitrogens with two attached hydrogens (primary N) is 2. The maximum Gasteiger partial charge on any atom is 0.416 e. The summed E-state index contributed by atoms with van der Waals surface area (Å²) in [5, 5.41) is 17.6. The number of benzene rings is 2. The number of methoxy groups -OCH3 is 1. The lowest BCUT2D eigenvalue weighted by Gasteiger charge is -2.36. The van der Waals surface area contributed by atoms with E-state index < -0.39 is 23.8 Å². The zero-order valence-corrected chi connectivity index (χ0v) is 22.6. The summed E-state index contributed by atoms with van der Waals surface area (Å²) in [7, 11) is 3.11. The SMILES string of the molecule is COc1c(CN2CC(O)C2)cc(C(F)(F)F)cc1NC(=O)c1ccc(C)c(N(N)/C=C(\N)c2cnn(C)c2C)c1. The Labute approximate surface area is 229 Å². The van der Waals surface area contributed by atoms with Gasteiger partial charge in [-0.1, -0.05) is 6.07 Å². The van der Waals surface area contributed by atoms with Crippen LogP contribution in [0, 0.1) is 13.8 Å². The van der Waals surface area contributed by atoms with E-state index in [0.717, 1.165) is 23.4 Å². The predicted molar refractivity (Wildman–Crippen MR) is 145 cm³/mol. The highest BCUT2D eigenvalue weighted by molar-refractivity contribution is 6.06. The Morgan fingerprint density at radius 2 is 1.98 bits per heavy atom. The van der Waals surface area contributed by atoms with Crippen LogP contribution in [-0.2, 0) is 19.8 Å². The van der Waals surface area contributed by atoms with Crippen molar-refractivity contribution in [2.75, 3.05) is 30.5 Å². The third-order valence-electron chi connectivity index (χ3n) is 6.85. The quantitative estimate of drug-likeness (QED) is 0.244. The number of anilines is 2. The third kappa shape index (κ3) is 6.06. The fraction of sp³-hybridized carbons (Fsp3) is 0.333. The average Bonchev–Trinajstić information content (AvgIpc) is 3.20. The molecule has 1 aromatic heterocycles. The summed E-state index contributed by atoms with van der Waals surface area (Å²) >= 11 is 0. The molecule has 2 heterocycles. The number of β-amino-alcohol motifs (C(OH)–C–C–N with tert-alkyl or cyclic N) is 1. The van der Waals surface area contributed by atoms with Crippen molar-refractivity contribution < 1.29 is 27.8 Å². The molecule has 0 aliphatic carbocycles. The molecule has 6 N–H and O–H groups in total. The molecule has 0 radical (unpaired) electrons. The molecule has 0 bridgehead atoms. The molecular formula is C27H32F3N7O3. The van der Waals surface area contributed by atoms with Gasteiger partial charge in [-0.3, -0.25) is 19.4 Å². The van der Waals surface area contributed by atoms with Crippen molar-refractivity contribution in [3.05, 3.63) is 76.2 Å². The fourth-order valence-electron chi connectivity index (χ4n) is 4.51. The summed E-state index contributed by atoms with van der Waals surface area (Å²) in [4.78, 5) is 15.0. The van der Waals surface area contributed by atoms with Crippen molar-refractivity contribution in [3.63, 3.8) is 0 Å². The van der Waals surface area contributed by atoms with Gasteiger partial charge in [-0.2, -0.15) is 18.3 Å². The third-order valence-corrected chi connectivity index (χ3v) is 6.85. The highest BCUT2D eigenvalue weighted by atomic mass is 19.4. The normalized spacial score (nSPS) is 14.7. The lowest BCUT2D eigenvalue weighted by molar-refractivity contribution is -0.137. The number of nitrogens with zero attached hydrogens (tertiary/aromatic N) is 4. The number of nitrogens with one attached hydrogen (secondary N) is 1. The lowest BCUT2D eigenvalue weighted by Crippen LogP contribution is -2.49. The highest BCUT2D eigenvalue weighted by Crippen LogP contribution is 2.39. The van der Waals surface area contributed by atoms with Gasteiger partial charge in [-0.05, 0) is 43.7 Å². The molecule has 1 saturated heterocycles. The van der Waals surface area contributed by atoms with Crippen molar-refractivity contribution >= 4 is 23.0 Å². The van der Waals surface area contributed by atoms with Crippen LogP contribution in [0.15, 0.2) is 42.7 Å². The predicted octanol–water partition coefficient (Wildman–Crippen LogP) is 3.13. The fourth-order valence-corrected chi connectivity index (χ4v) is 4.51. The summed E-state index contributed by atoms with van der Waals surface area (Å²) in [6.07, 6.45) is -2.05. The summed E-state index contributed by atoms with van der Waals surface area (Å²) in [5.41, 5.74) is 8.68. The van der Waals surface area contributed by atoms with E-state index in [4.69, 9.17) is 16.3 Å². The monoisotopic (exact) mass is 559 g/mol. The van der Waals surface area contributed by atoms with Gasteiger partial charge < -0.3 is 20.9 Å². The molecule has 4 rings (SSSR count). The molecule has 0 atom stereocenters. The minimum absolute atomic E-state index is 0.109. The first kappa shape index (κ1) is 28.9. The average molecular weight is 560 g/mol. The molecule has 0 spiro atoms. The van der Waals surface area contributed by atoms with Gasteiger partial charge in [0.05, 0.1) is 42.0 Å². The summed E-state index contributed by atoms with van der Waals surface area (Å²) in [6, 6.07) is 6.58. The van der Waals surface area contributed by atoms with Crippen molar-refractivity contribution in [2.24, 2.45) is 18.6 Å². The molecule has 1 aliphatic heterocycles. The van der Waals surface area contributed by atoms with Crippen molar-refractivity contribution in [2.45, 2.75) is 32.7 Å². The standard InChI is InChI=1S/C27H32F3N7O3/c1-15-5-6-17(8-24(15)37(32)14-22(31)21-10-33-35(3)16(21)2)26(39)34-23-9-19(27(28,29)30)7-18(25(23)40-4)11-36-12-20(38)13-36/h5-10,14,20,38H,11-13,31-32H2,1-4H3,(H,34,39)/b22-14-. The molecular weight excluding hydrogens is 527 g/mol. The van der Waals surface area contributed by atoms with Crippen molar-refractivity contribution in [1.82, 2.24) is 14.7 Å². The number of aliphatic hydroxyl groups excluding tert-OH is 1. The van der Waals surface area contributed by atoms with E-state index >= 15 is 0 Å². The van der Waals surface area contributed by atoms with Gasteiger partial charge in [0, 0.05) is 55.3 Å². The Kier molecular flexibility index (Phi) is 8.10. The smallest absolute Gasteiger partial charge is 0.416 e. The number of halogens is 3. The molecule has 3 aromatic rings. The molecule has 1 amide bonds. The van der Waals surface area contributed by atoms with Crippen LogP contribution in [0.5, 0.6) is 5.75 Å². The van der Waals surface area contributed by atoms with Gasteiger partial charge in [0.15, 0.2) is 0 Å². The molecule has 2 aromatic carbocycles. The van der Waals surface area contributed by atoms with Crippen molar-refractivity contribution in [1.29, 1.82) is 0 Å². The number of ether oxygens (including phenoxy) is 1. The van der Waals surface area contributed by atoms with E-state index in [1.54, 1.807) is 41.9 Å². The van der Waals surface area contributed by atoms with E-state index in [-0.39, 0.29) is 29.1 Å². The molecule has 13 heteroatoms. The number of likely N-dealkylation sites (tertiary alicyclic amines) is 1. The Balaban J connectivity index is 1.63. The van der Waals surface area contributed by atoms with E-state index in [0.29, 0.717) is 30.0 Å². The molecule has 40 heavy (non-hydrogen) atoms. The zero-order valence-electron chi connectivity index (χ0n) is 22.6. The van der Waals surface area contributed by atoms with Gasteiger partial charge in [0.2, 0.25) is 0 Å². The number of hydrazine groups is 1.